The number of benzene rings is 2. The molecule has 8 heteroatoms. The van der Waals surface area contributed by atoms with Gasteiger partial charge in [0.25, 0.3) is 0 Å². The van der Waals surface area contributed by atoms with Gasteiger partial charge in [-0.25, -0.2) is 9.40 Å². The summed E-state index contributed by atoms with van der Waals surface area (Å²) in [5, 5.41) is 8.53. The second kappa shape index (κ2) is 11.2. The molecule has 0 spiro atoms. The summed E-state index contributed by atoms with van der Waals surface area (Å²) >= 11 is 0. The Morgan fingerprint density at radius 3 is 2.47 bits per heavy atom. The maximum absolute atomic E-state index is 13.0. The van der Waals surface area contributed by atoms with Crippen LogP contribution in [-0.2, 0) is 20.9 Å². The lowest BCUT2D eigenvalue weighted by Gasteiger charge is -2.21. The Labute approximate surface area is 186 Å². The van der Waals surface area contributed by atoms with Crippen molar-refractivity contribution in [2.45, 2.75) is 32.7 Å². The summed E-state index contributed by atoms with van der Waals surface area (Å²) in [4.78, 5) is 38.6. The summed E-state index contributed by atoms with van der Waals surface area (Å²) in [5.74, 6) is -1.12. The molecule has 0 bridgehead atoms. The molecule has 0 aromatic heterocycles. The first kappa shape index (κ1) is 23.1. The van der Waals surface area contributed by atoms with Crippen molar-refractivity contribution in [2.75, 3.05) is 19.6 Å². The molecule has 0 aliphatic carbocycles. The number of nitrogens with one attached hydrogen (secondary N) is 1. The van der Waals surface area contributed by atoms with Crippen LogP contribution in [0.2, 0.25) is 0 Å². The maximum Gasteiger partial charge on any atom is 0.243 e. The first-order chi connectivity index (χ1) is 15.5. The normalized spacial score (nSPS) is 12.9. The highest BCUT2D eigenvalue weighted by Crippen LogP contribution is 2.15. The van der Waals surface area contributed by atoms with Crippen LogP contribution in [0.25, 0.3) is 0 Å². The minimum atomic E-state index is -0.340. The van der Waals surface area contributed by atoms with E-state index in [1.54, 1.807) is 19.1 Å². The predicted molar refractivity (Wildman–Crippen MR) is 119 cm³/mol. The fraction of sp³-hybridized carbons (Fsp3) is 0.333. The molecule has 0 saturated heterocycles. The Morgan fingerprint density at radius 2 is 1.78 bits per heavy atom. The van der Waals surface area contributed by atoms with Crippen LogP contribution in [0, 0.1) is 5.82 Å². The average Bonchev–Trinajstić information content (AvgIpc) is 3.31. The Balaban J connectivity index is 1.44. The molecule has 1 heterocycles. The van der Waals surface area contributed by atoms with Crippen molar-refractivity contribution in [3.05, 3.63) is 71.5 Å². The molecule has 0 saturated carbocycles. The topological polar surface area (TPSA) is 82.1 Å². The summed E-state index contributed by atoms with van der Waals surface area (Å²) in [7, 11) is 0. The van der Waals surface area contributed by atoms with Gasteiger partial charge in [-0.3, -0.25) is 14.4 Å². The van der Waals surface area contributed by atoms with Crippen LogP contribution in [-0.4, -0.2) is 53.0 Å². The molecule has 168 valence electrons. The van der Waals surface area contributed by atoms with Gasteiger partial charge in [-0.2, -0.15) is 5.10 Å². The Hall–Kier alpha value is -3.55. The van der Waals surface area contributed by atoms with Gasteiger partial charge in [0.05, 0.1) is 18.8 Å². The van der Waals surface area contributed by atoms with Gasteiger partial charge in [-0.05, 0) is 30.2 Å². The summed E-state index contributed by atoms with van der Waals surface area (Å²) in [6, 6.07) is 15.5. The van der Waals surface area contributed by atoms with Gasteiger partial charge in [0, 0.05) is 32.4 Å². The third kappa shape index (κ3) is 6.47. The van der Waals surface area contributed by atoms with Crippen LogP contribution in [0.1, 0.15) is 37.3 Å². The van der Waals surface area contributed by atoms with Crippen molar-refractivity contribution < 1.29 is 18.8 Å². The first-order valence-corrected chi connectivity index (χ1v) is 10.7. The van der Waals surface area contributed by atoms with Gasteiger partial charge in [-0.1, -0.05) is 42.5 Å². The Bertz CT molecular complexity index is 976. The van der Waals surface area contributed by atoms with E-state index in [-0.39, 0.29) is 49.5 Å². The van der Waals surface area contributed by atoms with E-state index in [0.29, 0.717) is 19.5 Å². The summed E-state index contributed by atoms with van der Waals surface area (Å²) in [6.07, 6.45) is 0.738. The van der Waals surface area contributed by atoms with Crippen LogP contribution in [0.5, 0.6) is 0 Å². The van der Waals surface area contributed by atoms with Crippen molar-refractivity contribution in [3.8, 4) is 0 Å². The van der Waals surface area contributed by atoms with E-state index in [9.17, 15) is 18.8 Å². The van der Waals surface area contributed by atoms with Crippen LogP contribution < -0.4 is 5.32 Å². The number of likely N-dealkylation sites (N-methyl/N-ethyl adjacent to an activating group) is 1. The Morgan fingerprint density at radius 1 is 1.06 bits per heavy atom. The molecule has 7 nitrogen and oxygen atoms in total. The van der Waals surface area contributed by atoms with Crippen molar-refractivity contribution >= 4 is 23.4 Å². The SMILES string of the molecule is CCN(CC(=O)NCc1ccc(F)cc1)C(=O)CCC(=O)N1CCC(c2ccccc2)=N1. The molecule has 1 aliphatic heterocycles. The number of carbonyl (C=O) groups is 3. The standard InChI is InChI=1S/C24H27FN4O3/c1-2-28(17-22(30)26-16-18-8-10-20(25)11-9-18)23(31)12-13-24(32)29-15-14-21(27-29)19-6-4-3-5-7-19/h3-11H,2,12-17H2,1H3,(H,26,30). The molecule has 0 radical (unpaired) electrons. The highest BCUT2D eigenvalue weighted by molar-refractivity contribution is 6.02. The van der Waals surface area contributed by atoms with Gasteiger partial charge >= 0.3 is 0 Å². The molecular weight excluding hydrogens is 411 g/mol. The lowest BCUT2D eigenvalue weighted by Crippen LogP contribution is -2.40. The molecule has 32 heavy (non-hydrogen) atoms. The number of hydrazone groups is 1. The van der Waals surface area contributed by atoms with E-state index >= 15 is 0 Å². The fourth-order valence-corrected chi connectivity index (χ4v) is 3.38. The molecule has 1 aliphatic rings. The zero-order chi connectivity index (χ0) is 22.9. The van der Waals surface area contributed by atoms with E-state index in [1.165, 1.54) is 22.0 Å². The van der Waals surface area contributed by atoms with Gasteiger partial charge in [0.1, 0.15) is 5.82 Å². The predicted octanol–water partition coefficient (Wildman–Crippen LogP) is 2.71. The molecule has 0 fully saturated rings. The molecule has 0 unspecified atom stereocenters. The molecule has 0 atom stereocenters. The largest absolute Gasteiger partial charge is 0.350 e. The highest BCUT2D eigenvalue weighted by atomic mass is 19.1. The molecule has 3 rings (SSSR count). The molecule has 1 N–H and O–H groups in total. The molecule has 3 amide bonds. The highest BCUT2D eigenvalue weighted by Gasteiger charge is 2.23. The van der Waals surface area contributed by atoms with E-state index < -0.39 is 0 Å². The number of rotatable bonds is 9. The number of halogens is 1. The van der Waals surface area contributed by atoms with E-state index in [0.717, 1.165) is 16.8 Å². The summed E-state index contributed by atoms with van der Waals surface area (Å²) < 4.78 is 13.0. The van der Waals surface area contributed by atoms with Crippen molar-refractivity contribution in [1.82, 2.24) is 15.2 Å². The lowest BCUT2D eigenvalue weighted by atomic mass is 10.1. The van der Waals surface area contributed by atoms with Gasteiger partial charge in [-0.15, -0.1) is 0 Å². The third-order valence-corrected chi connectivity index (χ3v) is 5.22. The van der Waals surface area contributed by atoms with E-state index in [2.05, 4.69) is 10.4 Å². The fourth-order valence-electron chi connectivity index (χ4n) is 3.38. The number of amides is 3. The quantitative estimate of drug-likeness (QED) is 0.654. The van der Waals surface area contributed by atoms with Crippen molar-refractivity contribution in [1.29, 1.82) is 0 Å². The average molecular weight is 439 g/mol. The van der Waals surface area contributed by atoms with Gasteiger partial charge < -0.3 is 10.2 Å². The van der Waals surface area contributed by atoms with Crippen molar-refractivity contribution in [3.63, 3.8) is 0 Å². The summed E-state index contributed by atoms with van der Waals surface area (Å²) in [5.41, 5.74) is 2.61. The monoisotopic (exact) mass is 438 g/mol. The van der Waals surface area contributed by atoms with Gasteiger partial charge in [0.2, 0.25) is 17.7 Å². The molecular formula is C24H27FN4O3. The molecule has 2 aromatic carbocycles. The number of nitrogens with zero attached hydrogens (tertiary/aromatic N) is 3. The second-order valence-electron chi connectivity index (χ2n) is 7.49. The number of carbonyl (C=O) groups excluding carboxylic acids is 3. The zero-order valence-corrected chi connectivity index (χ0v) is 18.1. The summed E-state index contributed by atoms with van der Waals surface area (Å²) in [6.45, 7) is 2.80. The van der Waals surface area contributed by atoms with Gasteiger partial charge in [0.15, 0.2) is 0 Å². The molecule has 2 aromatic rings. The smallest absolute Gasteiger partial charge is 0.243 e. The van der Waals surface area contributed by atoms with E-state index in [1.807, 2.05) is 30.3 Å². The number of hydrogen-bond acceptors (Lipinski definition) is 4. The first-order valence-electron chi connectivity index (χ1n) is 10.7. The van der Waals surface area contributed by atoms with Crippen LogP contribution in [0.3, 0.4) is 0 Å². The maximum atomic E-state index is 13.0. The van der Waals surface area contributed by atoms with Crippen LogP contribution in [0.15, 0.2) is 59.7 Å². The zero-order valence-electron chi connectivity index (χ0n) is 18.1. The van der Waals surface area contributed by atoms with E-state index in [4.69, 9.17) is 0 Å². The Kier molecular flexibility index (Phi) is 8.08. The minimum absolute atomic E-state index is 0.0185. The van der Waals surface area contributed by atoms with Crippen LogP contribution in [0.4, 0.5) is 4.39 Å². The number of hydrogen-bond donors (Lipinski definition) is 1. The third-order valence-electron chi connectivity index (χ3n) is 5.22. The van der Waals surface area contributed by atoms with Crippen LogP contribution >= 0.6 is 0 Å². The lowest BCUT2D eigenvalue weighted by molar-refractivity contribution is -0.138. The minimum Gasteiger partial charge on any atom is -0.350 e. The van der Waals surface area contributed by atoms with Crippen molar-refractivity contribution in [2.24, 2.45) is 5.10 Å². The second-order valence-corrected chi connectivity index (χ2v) is 7.49.